The smallest absolute Gasteiger partial charge is 0.0700 e. The van der Waals surface area contributed by atoms with Crippen LogP contribution in [0.25, 0.3) is 0 Å². The molecule has 0 bridgehead atoms. The van der Waals surface area contributed by atoms with Crippen molar-refractivity contribution >= 4 is 0 Å². The Hall–Kier alpha value is -1.29. The van der Waals surface area contributed by atoms with Gasteiger partial charge in [-0.15, -0.1) is 0 Å². The Morgan fingerprint density at radius 1 is 1.50 bits per heavy atom. The van der Waals surface area contributed by atoms with Crippen molar-refractivity contribution in [1.29, 1.82) is 5.26 Å². The maximum absolute atomic E-state index is 8.53. The average Bonchev–Trinajstić information content (AvgIpc) is 2.05. The third kappa shape index (κ3) is 1.35. The van der Waals surface area contributed by atoms with Gasteiger partial charge in [-0.1, -0.05) is 24.3 Å². The summed E-state index contributed by atoms with van der Waals surface area (Å²) in [5.41, 5.74) is 1.06. The molecule has 0 aromatic heterocycles. The molecule has 1 nitrogen and oxygen atoms in total. The summed E-state index contributed by atoms with van der Waals surface area (Å²) in [6, 6.07) is 12.5. The summed E-state index contributed by atoms with van der Waals surface area (Å²) in [6.07, 6.45) is 0. The van der Waals surface area contributed by atoms with Gasteiger partial charge < -0.3 is 0 Å². The molecule has 0 aliphatic heterocycles. The van der Waals surface area contributed by atoms with Gasteiger partial charge >= 0.3 is 0 Å². The van der Waals surface area contributed by atoms with E-state index in [1.807, 2.05) is 31.2 Å². The predicted molar refractivity (Wildman–Crippen MR) is 39.3 cm³/mol. The van der Waals surface area contributed by atoms with E-state index in [1.165, 1.54) is 0 Å². The lowest BCUT2D eigenvalue weighted by Crippen LogP contribution is -1.86. The molecule has 0 aliphatic rings. The molecular formula is C9H8N. The van der Waals surface area contributed by atoms with Crippen LogP contribution in [-0.4, -0.2) is 0 Å². The zero-order chi connectivity index (χ0) is 7.40. The largest absolute Gasteiger partial charge is 0.198 e. The standard InChI is InChI=1S/C9H8N/c1-8(7-10)9-5-3-2-4-6-9/h3-6,8H,1H3. The van der Waals surface area contributed by atoms with Gasteiger partial charge in [0.15, 0.2) is 0 Å². The molecule has 0 aliphatic carbocycles. The number of rotatable bonds is 1. The lowest BCUT2D eigenvalue weighted by molar-refractivity contribution is 0.982. The van der Waals surface area contributed by atoms with Crippen molar-refractivity contribution in [2.24, 2.45) is 0 Å². The second-order valence-electron chi connectivity index (χ2n) is 2.18. The molecule has 0 heterocycles. The first kappa shape index (κ1) is 6.82. The maximum Gasteiger partial charge on any atom is 0.0700 e. The van der Waals surface area contributed by atoms with E-state index in [0.717, 1.165) is 5.56 Å². The highest BCUT2D eigenvalue weighted by molar-refractivity contribution is 5.22. The second-order valence-corrected chi connectivity index (χ2v) is 2.18. The van der Waals surface area contributed by atoms with Crippen LogP contribution >= 0.6 is 0 Å². The molecule has 1 heteroatoms. The minimum atomic E-state index is -0.00500. The zero-order valence-corrected chi connectivity index (χ0v) is 5.83. The summed E-state index contributed by atoms with van der Waals surface area (Å²) in [7, 11) is 0. The molecule has 0 fully saturated rings. The van der Waals surface area contributed by atoms with Crippen LogP contribution in [0.4, 0.5) is 0 Å². The molecule has 0 spiro atoms. The Balaban J connectivity index is 2.88. The van der Waals surface area contributed by atoms with Gasteiger partial charge in [-0.25, -0.2) is 0 Å². The van der Waals surface area contributed by atoms with E-state index in [4.69, 9.17) is 5.26 Å². The Morgan fingerprint density at radius 3 is 2.60 bits per heavy atom. The van der Waals surface area contributed by atoms with Gasteiger partial charge in [0.2, 0.25) is 0 Å². The van der Waals surface area contributed by atoms with E-state index in [9.17, 15) is 0 Å². The Kier molecular flexibility index (Phi) is 2.07. The minimum Gasteiger partial charge on any atom is -0.198 e. The Labute approximate surface area is 60.9 Å². The van der Waals surface area contributed by atoms with Crippen LogP contribution in [0, 0.1) is 17.4 Å². The van der Waals surface area contributed by atoms with Crippen molar-refractivity contribution in [3.8, 4) is 6.07 Å². The van der Waals surface area contributed by atoms with E-state index < -0.39 is 0 Å². The van der Waals surface area contributed by atoms with E-state index in [-0.39, 0.29) is 5.92 Å². The van der Waals surface area contributed by atoms with Crippen LogP contribution in [0.15, 0.2) is 24.3 Å². The van der Waals surface area contributed by atoms with Gasteiger partial charge in [0.25, 0.3) is 0 Å². The molecule has 1 unspecified atom stereocenters. The van der Waals surface area contributed by atoms with Crippen molar-refractivity contribution in [3.05, 3.63) is 35.9 Å². The summed E-state index contributed by atoms with van der Waals surface area (Å²) >= 11 is 0. The molecule has 1 radical (unpaired) electrons. The first-order valence-corrected chi connectivity index (χ1v) is 3.20. The number of benzene rings is 1. The monoisotopic (exact) mass is 130 g/mol. The van der Waals surface area contributed by atoms with Gasteiger partial charge in [-0.3, -0.25) is 0 Å². The molecule has 49 valence electrons. The van der Waals surface area contributed by atoms with E-state index in [2.05, 4.69) is 12.1 Å². The normalized spacial score (nSPS) is 12.0. The maximum atomic E-state index is 8.53. The quantitative estimate of drug-likeness (QED) is 0.571. The highest BCUT2D eigenvalue weighted by Gasteiger charge is 1.99. The molecule has 10 heavy (non-hydrogen) atoms. The zero-order valence-electron chi connectivity index (χ0n) is 5.83. The van der Waals surface area contributed by atoms with Crippen LogP contribution in [0.2, 0.25) is 0 Å². The van der Waals surface area contributed by atoms with Crippen LogP contribution in [-0.2, 0) is 0 Å². The van der Waals surface area contributed by atoms with E-state index >= 15 is 0 Å². The van der Waals surface area contributed by atoms with Crippen LogP contribution in [0.5, 0.6) is 0 Å². The van der Waals surface area contributed by atoms with Crippen LogP contribution < -0.4 is 0 Å². The average molecular weight is 130 g/mol. The van der Waals surface area contributed by atoms with Gasteiger partial charge in [0, 0.05) is 0 Å². The fourth-order valence-electron chi connectivity index (χ4n) is 0.763. The molecule has 0 saturated carbocycles. The first-order chi connectivity index (χ1) is 4.84. The van der Waals surface area contributed by atoms with Crippen molar-refractivity contribution in [2.75, 3.05) is 0 Å². The summed E-state index contributed by atoms with van der Waals surface area (Å²) in [5, 5.41) is 8.53. The minimum absolute atomic E-state index is 0.00500. The topological polar surface area (TPSA) is 23.8 Å². The fourth-order valence-corrected chi connectivity index (χ4v) is 0.763. The van der Waals surface area contributed by atoms with Crippen molar-refractivity contribution in [1.82, 2.24) is 0 Å². The second kappa shape index (κ2) is 3.03. The number of hydrogen-bond donors (Lipinski definition) is 0. The van der Waals surface area contributed by atoms with Crippen LogP contribution in [0.1, 0.15) is 18.4 Å². The van der Waals surface area contributed by atoms with Gasteiger partial charge in [-0.05, 0) is 18.6 Å². The Morgan fingerprint density at radius 2 is 2.10 bits per heavy atom. The molecule has 1 aromatic carbocycles. The highest BCUT2D eigenvalue weighted by Crippen LogP contribution is 2.11. The molecule has 0 saturated heterocycles. The summed E-state index contributed by atoms with van der Waals surface area (Å²) in [5.74, 6) is -0.00500. The molecule has 0 N–H and O–H groups in total. The number of nitrogens with zero attached hydrogens (tertiary/aromatic N) is 1. The first-order valence-electron chi connectivity index (χ1n) is 3.20. The van der Waals surface area contributed by atoms with Crippen molar-refractivity contribution < 1.29 is 0 Å². The molecule has 0 amide bonds. The number of nitriles is 1. The van der Waals surface area contributed by atoms with E-state index in [1.54, 1.807) is 0 Å². The number of hydrogen-bond acceptors (Lipinski definition) is 1. The Bertz CT molecular complexity index is 233. The van der Waals surface area contributed by atoms with Gasteiger partial charge in [-0.2, -0.15) is 5.26 Å². The van der Waals surface area contributed by atoms with Gasteiger partial charge in [0.05, 0.1) is 12.0 Å². The third-order valence-electron chi connectivity index (χ3n) is 1.44. The summed E-state index contributed by atoms with van der Waals surface area (Å²) in [4.78, 5) is 0. The summed E-state index contributed by atoms with van der Waals surface area (Å²) in [6.45, 7) is 1.88. The molecule has 1 rings (SSSR count). The highest BCUT2D eigenvalue weighted by atomic mass is 14.3. The molecule has 1 aromatic rings. The van der Waals surface area contributed by atoms with Crippen LogP contribution in [0.3, 0.4) is 0 Å². The fraction of sp³-hybridized carbons (Fsp3) is 0.222. The summed E-state index contributed by atoms with van der Waals surface area (Å²) < 4.78 is 0. The third-order valence-corrected chi connectivity index (χ3v) is 1.44. The van der Waals surface area contributed by atoms with Gasteiger partial charge in [0.1, 0.15) is 0 Å². The van der Waals surface area contributed by atoms with Crippen molar-refractivity contribution in [2.45, 2.75) is 12.8 Å². The molecular weight excluding hydrogens is 122 g/mol. The lowest BCUT2D eigenvalue weighted by Gasteiger charge is -1.98. The van der Waals surface area contributed by atoms with Crippen molar-refractivity contribution in [3.63, 3.8) is 0 Å². The lowest BCUT2D eigenvalue weighted by atomic mass is 10.0. The SMILES string of the molecule is CC(C#N)c1cc[c]cc1. The predicted octanol–water partition coefficient (Wildman–Crippen LogP) is 2.11. The van der Waals surface area contributed by atoms with E-state index in [0.29, 0.717) is 0 Å². The molecule has 1 atom stereocenters.